The Hall–Kier alpha value is -2.89. The molecule has 3 rings (SSSR count). The highest BCUT2D eigenvalue weighted by molar-refractivity contribution is 5.99. The summed E-state index contributed by atoms with van der Waals surface area (Å²) in [6.45, 7) is 6.51. The van der Waals surface area contributed by atoms with Crippen molar-refractivity contribution in [1.29, 1.82) is 0 Å². The molecular formula is C21H26N4O2. The summed E-state index contributed by atoms with van der Waals surface area (Å²) in [4.78, 5) is 31.0. The summed E-state index contributed by atoms with van der Waals surface area (Å²) in [6.07, 6.45) is 2.29. The lowest BCUT2D eigenvalue weighted by atomic mass is 10.2. The summed E-state index contributed by atoms with van der Waals surface area (Å²) in [5.74, 6) is -0.680. The van der Waals surface area contributed by atoms with Crippen LogP contribution in [0.25, 0.3) is 0 Å². The third kappa shape index (κ3) is 4.84. The van der Waals surface area contributed by atoms with Gasteiger partial charge in [-0.25, -0.2) is 0 Å². The van der Waals surface area contributed by atoms with E-state index in [2.05, 4.69) is 34.4 Å². The number of rotatable bonds is 8. The molecule has 1 heterocycles. The van der Waals surface area contributed by atoms with Crippen LogP contribution in [0.15, 0.2) is 48.7 Å². The van der Waals surface area contributed by atoms with Crippen LogP contribution in [0.1, 0.15) is 26.0 Å². The van der Waals surface area contributed by atoms with Gasteiger partial charge >= 0.3 is 0 Å². The highest BCUT2D eigenvalue weighted by Gasteiger charge is 2.47. The van der Waals surface area contributed by atoms with Crippen LogP contribution in [-0.2, 0) is 16.1 Å². The normalized spacial score (nSPS) is 17.9. The second-order valence-corrected chi connectivity index (χ2v) is 6.70. The van der Waals surface area contributed by atoms with Crippen molar-refractivity contribution >= 4 is 23.2 Å². The molecule has 0 aliphatic heterocycles. The Morgan fingerprint density at radius 1 is 1.04 bits per heavy atom. The molecular weight excluding hydrogens is 340 g/mol. The van der Waals surface area contributed by atoms with Crippen molar-refractivity contribution in [3.8, 4) is 0 Å². The minimum atomic E-state index is -0.254. The number of nitrogens with one attached hydrogen (secondary N) is 2. The smallest absolute Gasteiger partial charge is 0.228 e. The van der Waals surface area contributed by atoms with Crippen LogP contribution in [0.5, 0.6) is 0 Å². The number of hydrogen-bond donors (Lipinski definition) is 2. The number of nitrogens with zero attached hydrogens (tertiary/aromatic N) is 2. The van der Waals surface area contributed by atoms with Gasteiger partial charge in [-0.2, -0.15) is 0 Å². The predicted octanol–water partition coefficient (Wildman–Crippen LogP) is 2.82. The van der Waals surface area contributed by atoms with Gasteiger partial charge in [0.05, 0.1) is 24.1 Å². The SMILES string of the molecule is CCN(CC)c1ccc(NC(=O)C2CC2C(=O)NCc2ccccn2)cc1. The molecule has 1 saturated carbocycles. The zero-order valence-corrected chi connectivity index (χ0v) is 15.8. The number of hydrogen-bond acceptors (Lipinski definition) is 4. The summed E-state index contributed by atoms with van der Waals surface area (Å²) >= 11 is 0. The fourth-order valence-corrected chi connectivity index (χ4v) is 3.17. The Morgan fingerprint density at radius 2 is 1.74 bits per heavy atom. The van der Waals surface area contributed by atoms with Crippen molar-refractivity contribution in [2.45, 2.75) is 26.8 Å². The lowest BCUT2D eigenvalue weighted by Gasteiger charge is -2.21. The zero-order valence-electron chi connectivity index (χ0n) is 15.8. The Balaban J connectivity index is 1.47. The molecule has 2 unspecified atom stereocenters. The van der Waals surface area contributed by atoms with Crippen LogP contribution in [0.3, 0.4) is 0 Å². The summed E-state index contributed by atoms with van der Waals surface area (Å²) in [5.41, 5.74) is 2.70. The van der Waals surface area contributed by atoms with Crippen LogP contribution in [0, 0.1) is 11.8 Å². The first-order valence-corrected chi connectivity index (χ1v) is 9.45. The van der Waals surface area contributed by atoms with E-state index in [0.29, 0.717) is 13.0 Å². The molecule has 1 aromatic heterocycles. The van der Waals surface area contributed by atoms with Crippen LogP contribution < -0.4 is 15.5 Å². The molecule has 1 aromatic carbocycles. The average Bonchev–Trinajstić information content (AvgIpc) is 3.50. The van der Waals surface area contributed by atoms with Gasteiger partial charge in [-0.3, -0.25) is 14.6 Å². The quantitative estimate of drug-likeness (QED) is 0.753. The number of anilines is 2. The summed E-state index contributed by atoms with van der Waals surface area (Å²) < 4.78 is 0. The second kappa shape index (κ2) is 8.66. The summed E-state index contributed by atoms with van der Waals surface area (Å²) in [7, 11) is 0. The van der Waals surface area contributed by atoms with Crippen molar-refractivity contribution in [3.63, 3.8) is 0 Å². The monoisotopic (exact) mass is 366 g/mol. The lowest BCUT2D eigenvalue weighted by molar-refractivity contribution is -0.125. The van der Waals surface area contributed by atoms with Crippen molar-refractivity contribution in [3.05, 3.63) is 54.4 Å². The van der Waals surface area contributed by atoms with E-state index in [9.17, 15) is 9.59 Å². The molecule has 0 radical (unpaired) electrons. The van der Waals surface area contributed by atoms with E-state index in [0.717, 1.165) is 30.2 Å². The van der Waals surface area contributed by atoms with E-state index < -0.39 is 0 Å². The molecule has 0 saturated heterocycles. The number of aromatic nitrogens is 1. The highest BCUT2D eigenvalue weighted by Crippen LogP contribution is 2.39. The van der Waals surface area contributed by atoms with Crippen molar-refractivity contribution in [1.82, 2.24) is 10.3 Å². The van der Waals surface area contributed by atoms with E-state index >= 15 is 0 Å². The Kier molecular flexibility index (Phi) is 6.06. The van der Waals surface area contributed by atoms with Gasteiger partial charge in [0, 0.05) is 30.7 Å². The maximum Gasteiger partial charge on any atom is 0.228 e. The molecule has 2 aromatic rings. The molecule has 0 bridgehead atoms. The maximum atomic E-state index is 12.4. The van der Waals surface area contributed by atoms with E-state index in [1.165, 1.54) is 0 Å². The molecule has 2 atom stereocenters. The molecule has 0 spiro atoms. The molecule has 6 nitrogen and oxygen atoms in total. The summed E-state index contributed by atoms with van der Waals surface area (Å²) in [6, 6.07) is 13.4. The van der Waals surface area contributed by atoms with E-state index in [4.69, 9.17) is 0 Å². The standard InChI is InChI=1S/C21H26N4O2/c1-3-25(4-2)17-10-8-15(9-11-17)24-21(27)19-13-18(19)20(26)23-14-16-7-5-6-12-22-16/h5-12,18-19H,3-4,13-14H2,1-2H3,(H,23,26)(H,24,27). The average molecular weight is 366 g/mol. The predicted molar refractivity (Wildman–Crippen MR) is 106 cm³/mol. The van der Waals surface area contributed by atoms with Crippen LogP contribution in [-0.4, -0.2) is 29.9 Å². The number of amides is 2. The number of benzene rings is 1. The van der Waals surface area contributed by atoms with Crippen molar-refractivity contribution in [2.75, 3.05) is 23.3 Å². The fourth-order valence-electron chi connectivity index (χ4n) is 3.17. The minimum absolute atomic E-state index is 0.0855. The lowest BCUT2D eigenvalue weighted by Crippen LogP contribution is -2.27. The Labute approximate surface area is 160 Å². The molecule has 2 amide bonds. The zero-order chi connectivity index (χ0) is 19.2. The molecule has 142 valence electrons. The highest BCUT2D eigenvalue weighted by atomic mass is 16.2. The molecule has 2 N–H and O–H groups in total. The topological polar surface area (TPSA) is 74.3 Å². The first kappa shape index (κ1) is 18.9. The number of carbonyl (C=O) groups excluding carboxylic acids is 2. The van der Waals surface area contributed by atoms with Crippen LogP contribution in [0.4, 0.5) is 11.4 Å². The molecule has 1 aliphatic rings. The number of pyridine rings is 1. The Morgan fingerprint density at radius 3 is 2.37 bits per heavy atom. The molecule has 27 heavy (non-hydrogen) atoms. The van der Waals surface area contributed by atoms with Gasteiger partial charge in [-0.15, -0.1) is 0 Å². The van der Waals surface area contributed by atoms with Gasteiger partial charge in [0.25, 0.3) is 0 Å². The van der Waals surface area contributed by atoms with Gasteiger partial charge < -0.3 is 15.5 Å². The van der Waals surface area contributed by atoms with E-state index in [-0.39, 0.29) is 23.7 Å². The molecule has 1 fully saturated rings. The third-order valence-electron chi connectivity index (χ3n) is 4.90. The second-order valence-electron chi connectivity index (χ2n) is 6.70. The minimum Gasteiger partial charge on any atom is -0.372 e. The van der Waals surface area contributed by atoms with Gasteiger partial charge in [-0.05, 0) is 56.7 Å². The van der Waals surface area contributed by atoms with Gasteiger partial charge in [0.2, 0.25) is 11.8 Å². The number of carbonyl (C=O) groups is 2. The Bertz CT molecular complexity index is 773. The van der Waals surface area contributed by atoms with E-state index in [1.54, 1.807) is 6.20 Å². The summed E-state index contributed by atoms with van der Waals surface area (Å²) in [5, 5.41) is 5.77. The van der Waals surface area contributed by atoms with Gasteiger partial charge in [0.15, 0.2) is 0 Å². The largest absolute Gasteiger partial charge is 0.372 e. The van der Waals surface area contributed by atoms with Gasteiger partial charge in [-0.1, -0.05) is 6.07 Å². The van der Waals surface area contributed by atoms with Gasteiger partial charge in [0.1, 0.15) is 0 Å². The first-order chi connectivity index (χ1) is 13.1. The van der Waals surface area contributed by atoms with Crippen LogP contribution in [0.2, 0.25) is 0 Å². The fraction of sp³-hybridized carbons (Fsp3) is 0.381. The van der Waals surface area contributed by atoms with Crippen LogP contribution >= 0.6 is 0 Å². The van der Waals surface area contributed by atoms with Crippen molar-refractivity contribution < 1.29 is 9.59 Å². The van der Waals surface area contributed by atoms with Crippen molar-refractivity contribution in [2.24, 2.45) is 11.8 Å². The molecule has 1 aliphatic carbocycles. The maximum absolute atomic E-state index is 12.4. The van der Waals surface area contributed by atoms with E-state index in [1.807, 2.05) is 42.5 Å². The third-order valence-corrected chi connectivity index (χ3v) is 4.90. The first-order valence-electron chi connectivity index (χ1n) is 9.45. The molecule has 6 heteroatoms.